The number of carbonyl (C=O) groups is 1. The molecular weight excluding hydrogens is 418 g/mol. The molecule has 0 spiro atoms. The molecule has 0 radical (unpaired) electrons. The Hall–Kier alpha value is -3.32. The first-order chi connectivity index (χ1) is 15.8. The molecule has 1 atom stereocenters. The summed E-state index contributed by atoms with van der Waals surface area (Å²) in [7, 11) is 1.54. The molecule has 2 aromatic rings. The zero-order chi connectivity index (χ0) is 23.6. The number of hydrogen-bond acceptors (Lipinski definition) is 6. The fraction of sp³-hybridized carbons (Fsp3) is 0.385. The van der Waals surface area contributed by atoms with E-state index in [-0.39, 0.29) is 24.1 Å². The van der Waals surface area contributed by atoms with Crippen LogP contribution in [0.15, 0.2) is 47.6 Å². The highest BCUT2D eigenvalue weighted by molar-refractivity contribution is 6.05. The zero-order valence-electron chi connectivity index (χ0n) is 19.6. The van der Waals surface area contributed by atoms with Crippen LogP contribution in [-0.2, 0) is 0 Å². The van der Waals surface area contributed by atoms with E-state index in [1.54, 1.807) is 24.1 Å². The van der Waals surface area contributed by atoms with Gasteiger partial charge < -0.3 is 24.8 Å². The van der Waals surface area contributed by atoms with E-state index < -0.39 is 0 Å². The predicted octanol–water partition coefficient (Wildman–Crippen LogP) is 4.64. The third kappa shape index (κ3) is 5.03. The van der Waals surface area contributed by atoms with Crippen LogP contribution in [0.4, 0.5) is 11.4 Å². The highest BCUT2D eigenvalue weighted by Gasteiger charge is 2.33. The Morgan fingerprint density at radius 1 is 1.18 bits per heavy atom. The fourth-order valence-corrected chi connectivity index (χ4v) is 4.02. The van der Waals surface area contributed by atoms with Gasteiger partial charge in [0, 0.05) is 49.2 Å². The van der Waals surface area contributed by atoms with E-state index in [2.05, 4.69) is 55.3 Å². The number of fused-ring (bicyclic) bond motifs is 2. The summed E-state index contributed by atoms with van der Waals surface area (Å²) in [6, 6.07) is 11.6. The molecule has 4 rings (SSSR count). The van der Waals surface area contributed by atoms with Crippen molar-refractivity contribution in [1.82, 2.24) is 4.90 Å². The summed E-state index contributed by atoms with van der Waals surface area (Å²) in [4.78, 5) is 19.8. The van der Waals surface area contributed by atoms with Gasteiger partial charge in [0.2, 0.25) is 0 Å². The smallest absolute Gasteiger partial charge is 0.260 e. The molecule has 174 valence electrons. The summed E-state index contributed by atoms with van der Waals surface area (Å²) in [5.41, 5.74) is 4.28. The molecular formula is C26H31N3O4. The highest BCUT2D eigenvalue weighted by Crippen LogP contribution is 2.39. The van der Waals surface area contributed by atoms with Crippen LogP contribution in [0.5, 0.6) is 11.5 Å². The molecule has 2 aliphatic heterocycles. The molecule has 7 nitrogen and oxygen atoms in total. The third-order valence-corrected chi connectivity index (χ3v) is 5.55. The van der Waals surface area contributed by atoms with Crippen molar-refractivity contribution >= 4 is 29.1 Å². The molecule has 0 bridgehead atoms. The van der Waals surface area contributed by atoms with Gasteiger partial charge in [0.25, 0.3) is 5.91 Å². The summed E-state index contributed by atoms with van der Waals surface area (Å²) >= 11 is 0. The number of methoxy groups -OCH3 is 1. The molecule has 2 aromatic carbocycles. The van der Waals surface area contributed by atoms with Crippen LogP contribution in [0, 0.1) is 0 Å². The maximum absolute atomic E-state index is 13.4. The lowest BCUT2D eigenvalue weighted by molar-refractivity contribution is 0.0817. The molecule has 2 N–H and O–H groups in total. The molecule has 0 aromatic heterocycles. The molecule has 0 saturated heterocycles. The first kappa shape index (κ1) is 22.9. The van der Waals surface area contributed by atoms with Gasteiger partial charge in [-0.2, -0.15) is 0 Å². The Labute approximate surface area is 194 Å². The number of hydrogen-bond donors (Lipinski definition) is 2. The van der Waals surface area contributed by atoms with E-state index in [0.717, 1.165) is 16.8 Å². The molecule has 1 amide bonds. The maximum Gasteiger partial charge on any atom is 0.260 e. The molecule has 2 aliphatic rings. The average molecular weight is 450 g/mol. The lowest BCUT2D eigenvalue weighted by Gasteiger charge is -2.22. The molecule has 2 heterocycles. The quantitative estimate of drug-likeness (QED) is 0.602. The molecule has 0 saturated carbocycles. The molecule has 33 heavy (non-hydrogen) atoms. The molecule has 0 aliphatic carbocycles. The van der Waals surface area contributed by atoms with E-state index >= 15 is 0 Å². The van der Waals surface area contributed by atoms with Gasteiger partial charge in [0.15, 0.2) is 11.5 Å². The van der Waals surface area contributed by atoms with Crippen LogP contribution in [0.3, 0.4) is 0 Å². The van der Waals surface area contributed by atoms with Crippen molar-refractivity contribution in [2.75, 3.05) is 25.6 Å². The van der Waals surface area contributed by atoms with E-state index in [1.165, 1.54) is 0 Å². The summed E-state index contributed by atoms with van der Waals surface area (Å²) in [6.45, 7) is 6.79. The van der Waals surface area contributed by atoms with E-state index in [1.807, 2.05) is 12.4 Å². The lowest BCUT2D eigenvalue weighted by atomic mass is 10.0. The van der Waals surface area contributed by atoms with Crippen LogP contribution >= 0.6 is 0 Å². The van der Waals surface area contributed by atoms with Gasteiger partial charge in [-0.05, 0) is 50.1 Å². The molecule has 0 fully saturated rings. The zero-order valence-corrected chi connectivity index (χ0v) is 19.6. The summed E-state index contributed by atoms with van der Waals surface area (Å²) in [6.07, 6.45) is 4.97. The monoisotopic (exact) mass is 449 g/mol. The van der Waals surface area contributed by atoms with Crippen LogP contribution in [0.2, 0.25) is 0 Å². The Morgan fingerprint density at radius 3 is 2.61 bits per heavy atom. The first-order valence-electron chi connectivity index (χ1n) is 11.2. The number of benzene rings is 2. The van der Waals surface area contributed by atoms with Crippen molar-refractivity contribution in [2.45, 2.75) is 45.2 Å². The molecule has 0 unspecified atom stereocenters. The van der Waals surface area contributed by atoms with Crippen molar-refractivity contribution < 1.29 is 19.4 Å². The second-order valence-corrected chi connectivity index (χ2v) is 9.31. The number of ether oxygens (including phenoxy) is 2. The van der Waals surface area contributed by atoms with E-state index in [9.17, 15) is 4.79 Å². The minimum Gasteiger partial charge on any atom is -0.493 e. The van der Waals surface area contributed by atoms with Crippen LogP contribution in [-0.4, -0.2) is 54.0 Å². The van der Waals surface area contributed by atoms with Crippen molar-refractivity contribution in [2.24, 2.45) is 4.99 Å². The largest absolute Gasteiger partial charge is 0.493 e. The topological polar surface area (TPSA) is 83.4 Å². The SMILES string of the molecule is COc1cc2c(cc1OCCCO)N=C[C@@H]1CC(c3ccc(NC(C)(C)C)cc3)=CN1C2=O. The van der Waals surface area contributed by atoms with Gasteiger partial charge in [-0.3, -0.25) is 9.79 Å². The number of nitrogens with zero attached hydrogens (tertiary/aromatic N) is 2. The first-order valence-corrected chi connectivity index (χ1v) is 11.2. The fourth-order valence-electron chi connectivity index (χ4n) is 4.02. The van der Waals surface area contributed by atoms with Gasteiger partial charge >= 0.3 is 0 Å². The third-order valence-electron chi connectivity index (χ3n) is 5.55. The number of rotatable bonds is 7. The number of carbonyl (C=O) groups excluding carboxylic acids is 1. The predicted molar refractivity (Wildman–Crippen MR) is 131 cm³/mol. The van der Waals surface area contributed by atoms with Gasteiger partial charge in [-0.15, -0.1) is 0 Å². The van der Waals surface area contributed by atoms with Crippen LogP contribution in [0.25, 0.3) is 5.57 Å². The van der Waals surface area contributed by atoms with Crippen molar-refractivity contribution in [3.05, 3.63) is 53.7 Å². The lowest BCUT2D eigenvalue weighted by Crippen LogP contribution is -2.32. The van der Waals surface area contributed by atoms with Gasteiger partial charge in [0.05, 0.1) is 31.0 Å². The molecule has 7 heteroatoms. The normalized spacial score (nSPS) is 17.2. The minimum absolute atomic E-state index is 0.00585. The van der Waals surface area contributed by atoms with Crippen molar-refractivity contribution in [1.29, 1.82) is 0 Å². The summed E-state index contributed by atoms with van der Waals surface area (Å²) in [5, 5.41) is 12.5. The van der Waals surface area contributed by atoms with Gasteiger partial charge in [-0.25, -0.2) is 0 Å². The number of amides is 1. The van der Waals surface area contributed by atoms with Gasteiger partial charge in [-0.1, -0.05) is 12.1 Å². The minimum atomic E-state index is -0.142. The second kappa shape index (κ2) is 9.27. The van der Waals surface area contributed by atoms with Crippen LogP contribution < -0.4 is 14.8 Å². The maximum atomic E-state index is 13.4. The second-order valence-electron chi connectivity index (χ2n) is 9.31. The van der Waals surface area contributed by atoms with Crippen molar-refractivity contribution in [3.63, 3.8) is 0 Å². The Bertz CT molecular complexity index is 1080. The highest BCUT2D eigenvalue weighted by atomic mass is 16.5. The van der Waals surface area contributed by atoms with E-state index in [4.69, 9.17) is 14.6 Å². The van der Waals surface area contributed by atoms with Gasteiger partial charge in [0.1, 0.15) is 0 Å². The number of anilines is 1. The summed E-state index contributed by atoms with van der Waals surface area (Å²) < 4.78 is 11.2. The van der Waals surface area contributed by atoms with E-state index in [0.29, 0.717) is 42.2 Å². The number of aliphatic hydroxyl groups is 1. The Kier molecular flexibility index (Phi) is 6.42. The Morgan fingerprint density at radius 2 is 1.94 bits per heavy atom. The Balaban J connectivity index is 1.58. The summed E-state index contributed by atoms with van der Waals surface area (Å²) in [5.74, 6) is 0.865. The van der Waals surface area contributed by atoms with Crippen molar-refractivity contribution in [3.8, 4) is 11.5 Å². The number of aliphatic imine (C=N–C) groups is 1. The van der Waals surface area contributed by atoms with Crippen LogP contribution in [0.1, 0.15) is 49.5 Å². The number of nitrogens with one attached hydrogen (secondary N) is 1. The average Bonchev–Trinajstić information content (AvgIpc) is 3.16. The number of aliphatic hydroxyl groups excluding tert-OH is 1. The standard InChI is InChI=1S/C26H31N3O4/c1-26(2,3)28-19-8-6-17(7-9-19)18-12-20-15-27-22-14-24(33-11-5-10-30)23(32-4)13-21(22)25(31)29(20)16-18/h6-9,13-16,20,28,30H,5,10-12H2,1-4H3/t20-/m0/s1.